The number of methoxy groups -OCH3 is 1. The van der Waals surface area contributed by atoms with Gasteiger partial charge in [-0.3, -0.25) is 4.79 Å². The van der Waals surface area contributed by atoms with Gasteiger partial charge in [-0.2, -0.15) is 0 Å². The summed E-state index contributed by atoms with van der Waals surface area (Å²) in [6.45, 7) is 0. The molecule has 1 atom stereocenters. The zero-order chi connectivity index (χ0) is 21.1. The van der Waals surface area contributed by atoms with Crippen molar-refractivity contribution in [2.24, 2.45) is 0 Å². The van der Waals surface area contributed by atoms with E-state index in [0.717, 1.165) is 0 Å². The van der Waals surface area contributed by atoms with Crippen molar-refractivity contribution in [3.63, 3.8) is 0 Å². The Morgan fingerprint density at radius 1 is 0.862 bits per heavy atom. The number of hydrogen-bond acceptors (Lipinski definition) is 4. The third-order valence-electron chi connectivity index (χ3n) is 4.14. The predicted molar refractivity (Wildman–Crippen MR) is 116 cm³/mol. The molecule has 0 radical (unpaired) electrons. The Morgan fingerprint density at radius 2 is 1.55 bits per heavy atom. The molecule has 4 nitrogen and oxygen atoms in total. The molecule has 29 heavy (non-hydrogen) atoms. The van der Waals surface area contributed by atoms with Crippen LogP contribution in [0.25, 0.3) is 0 Å². The van der Waals surface area contributed by atoms with Gasteiger partial charge in [0.25, 0.3) is 0 Å². The molecule has 3 aromatic carbocycles. The number of benzene rings is 3. The maximum absolute atomic E-state index is 13.1. The van der Waals surface area contributed by atoms with Gasteiger partial charge in [-0.15, -0.1) is 0 Å². The zero-order valence-electron chi connectivity index (χ0n) is 15.0. The highest BCUT2D eigenvalue weighted by Crippen LogP contribution is 2.39. The Hall–Kier alpha value is -2.23. The molecule has 0 aromatic heterocycles. The van der Waals surface area contributed by atoms with Gasteiger partial charge in [0.05, 0.1) is 17.2 Å². The molecule has 0 aliphatic rings. The number of ketones is 1. The van der Waals surface area contributed by atoms with Gasteiger partial charge in [0.1, 0.15) is 16.3 Å². The highest BCUT2D eigenvalue weighted by Gasteiger charge is 2.41. The lowest BCUT2D eigenvalue weighted by molar-refractivity contribution is 0.103. The van der Waals surface area contributed by atoms with Gasteiger partial charge in [0, 0.05) is 11.1 Å². The summed E-state index contributed by atoms with van der Waals surface area (Å²) in [5.74, 6) is -0.200. The lowest BCUT2D eigenvalue weighted by Gasteiger charge is -2.07. The largest absolute Gasteiger partial charge is 0.496 e. The van der Waals surface area contributed by atoms with E-state index in [1.165, 1.54) is 31.4 Å². The van der Waals surface area contributed by atoms with Gasteiger partial charge in [-0.05, 0) is 24.3 Å². The fourth-order valence-corrected chi connectivity index (χ4v) is 5.17. The lowest BCUT2D eigenvalue weighted by atomic mass is 10.0. The minimum atomic E-state index is -2.77. The van der Waals surface area contributed by atoms with E-state index in [0.29, 0.717) is 5.56 Å². The molecule has 3 aromatic rings. The van der Waals surface area contributed by atoms with E-state index in [2.05, 4.69) is 0 Å². The van der Waals surface area contributed by atoms with Crippen molar-refractivity contribution in [3.8, 4) is 5.75 Å². The van der Waals surface area contributed by atoms with Crippen LogP contribution >= 0.6 is 42.6 Å². The predicted octanol–water partition coefficient (Wildman–Crippen LogP) is 6.18. The van der Waals surface area contributed by atoms with E-state index in [9.17, 15) is 14.2 Å². The minimum Gasteiger partial charge on any atom is -0.496 e. The summed E-state index contributed by atoms with van der Waals surface area (Å²) in [5, 5.41) is -0.148. The van der Waals surface area contributed by atoms with Crippen LogP contribution in [0.5, 0.6) is 5.75 Å². The van der Waals surface area contributed by atoms with Crippen LogP contribution in [0.3, 0.4) is 0 Å². The van der Waals surface area contributed by atoms with Crippen molar-refractivity contribution in [2.45, 2.75) is 0 Å². The number of halogens is 3. The van der Waals surface area contributed by atoms with Crippen LogP contribution in [-0.2, 0) is 4.57 Å². The summed E-state index contributed by atoms with van der Waals surface area (Å²) >= 11 is 18.7. The zero-order valence-corrected chi connectivity index (χ0v) is 18.1. The van der Waals surface area contributed by atoms with Crippen molar-refractivity contribution >= 4 is 59.2 Å². The Morgan fingerprint density at radius 3 is 2.21 bits per heavy atom. The molecule has 0 bridgehead atoms. The SMILES string of the molecule is COc1cccc(Cl)c1C(=O)[P+](=O)c1c(Cl)ccc(C(=O)c2ccccc2)c1Cl. The second kappa shape index (κ2) is 9.06. The fraction of sp³-hybridized carbons (Fsp3) is 0.0476. The molecule has 3 rings (SSSR count). The molecule has 8 heteroatoms. The summed E-state index contributed by atoms with van der Waals surface area (Å²) < 4.78 is 18.3. The van der Waals surface area contributed by atoms with Crippen molar-refractivity contribution in [3.05, 3.63) is 92.4 Å². The Labute approximate surface area is 183 Å². The van der Waals surface area contributed by atoms with Gasteiger partial charge >= 0.3 is 13.3 Å². The normalized spacial score (nSPS) is 11.1. The number of hydrogen-bond donors (Lipinski definition) is 0. The van der Waals surface area contributed by atoms with E-state index in [1.54, 1.807) is 36.4 Å². The van der Waals surface area contributed by atoms with Crippen LogP contribution in [0.4, 0.5) is 0 Å². The van der Waals surface area contributed by atoms with Gasteiger partial charge in [-0.25, -0.2) is 4.79 Å². The number of rotatable bonds is 6. The lowest BCUT2D eigenvalue weighted by Crippen LogP contribution is -2.13. The molecule has 0 aliphatic heterocycles. The third kappa shape index (κ3) is 4.22. The quantitative estimate of drug-likeness (QED) is 0.321. The smallest absolute Gasteiger partial charge is 0.462 e. The first-order valence-corrected chi connectivity index (χ1v) is 10.7. The van der Waals surface area contributed by atoms with Gasteiger partial charge in [0.15, 0.2) is 5.78 Å². The van der Waals surface area contributed by atoms with Crippen LogP contribution in [0.15, 0.2) is 60.7 Å². The Balaban J connectivity index is 2.09. The number of carbonyl (C=O) groups is 2. The third-order valence-corrected chi connectivity index (χ3v) is 6.89. The molecule has 0 amide bonds. The van der Waals surface area contributed by atoms with E-state index >= 15 is 0 Å². The molecule has 0 N–H and O–H groups in total. The van der Waals surface area contributed by atoms with Crippen LogP contribution in [0.1, 0.15) is 26.3 Å². The summed E-state index contributed by atoms with van der Waals surface area (Å²) in [7, 11) is -1.40. The topological polar surface area (TPSA) is 60.4 Å². The first-order chi connectivity index (χ1) is 13.9. The fourth-order valence-electron chi connectivity index (χ4n) is 2.73. The summed E-state index contributed by atoms with van der Waals surface area (Å²) in [6.07, 6.45) is 0. The first-order valence-electron chi connectivity index (χ1n) is 8.28. The molecule has 0 saturated heterocycles. The minimum absolute atomic E-state index is 0.0140. The first kappa shape index (κ1) is 21.5. The summed E-state index contributed by atoms with van der Waals surface area (Å²) in [4.78, 5) is 25.8. The van der Waals surface area contributed by atoms with E-state index < -0.39 is 13.3 Å². The molecule has 0 fully saturated rings. The van der Waals surface area contributed by atoms with Crippen LogP contribution < -0.4 is 10.0 Å². The second-order valence-electron chi connectivity index (χ2n) is 5.87. The average Bonchev–Trinajstić information content (AvgIpc) is 2.73. The van der Waals surface area contributed by atoms with Crippen LogP contribution in [0, 0.1) is 0 Å². The molecular formula is C21H13Cl3O4P+. The number of ether oxygens (including phenoxy) is 1. The molecule has 0 heterocycles. The molecule has 1 unspecified atom stereocenters. The van der Waals surface area contributed by atoms with Crippen molar-refractivity contribution in [2.75, 3.05) is 7.11 Å². The number of carbonyl (C=O) groups excluding carboxylic acids is 2. The van der Waals surface area contributed by atoms with Gasteiger partial charge in [0.2, 0.25) is 5.30 Å². The highest BCUT2D eigenvalue weighted by atomic mass is 35.5. The standard InChI is InChI=1S/C21H13Cl3O4P/c1-28-16-9-5-8-14(22)17(16)21(26)29(27)20-15(23)11-10-13(18(20)24)19(25)12-6-3-2-4-7-12/h2-11H,1H3/q+1. The van der Waals surface area contributed by atoms with Crippen LogP contribution in [-0.4, -0.2) is 18.4 Å². The highest BCUT2D eigenvalue weighted by molar-refractivity contribution is 7.72. The van der Waals surface area contributed by atoms with Crippen LogP contribution in [0.2, 0.25) is 15.1 Å². The summed E-state index contributed by atoms with van der Waals surface area (Å²) in [6, 6.07) is 15.9. The maximum atomic E-state index is 13.1. The van der Waals surface area contributed by atoms with Gasteiger partial charge in [-0.1, -0.05) is 75.8 Å². The molecular weight excluding hydrogens is 454 g/mol. The maximum Gasteiger partial charge on any atom is 0.462 e. The second-order valence-corrected chi connectivity index (χ2v) is 8.50. The van der Waals surface area contributed by atoms with E-state index in [4.69, 9.17) is 39.5 Å². The monoisotopic (exact) mass is 465 g/mol. The molecule has 0 aliphatic carbocycles. The van der Waals surface area contributed by atoms with Crippen molar-refractivity contribution in [1.82, 2.24) is 0 Å². The van der Waals surface area contributed by atoms with Crippen molar-refractivity contribution in [1.29, 1.82) is 0 Å². The van der Waals surface area contributed by atoms with E-state index in [-0.39, 0.29) is 43.0 Å². The average molecular weight is 467 g/mol. The molecule has 146 valence electrons. The molecule has 0 spiro atoms. The molecule has 0 saturated carbocycles. The van der Waals surface area contributed by atoms with E-state index in [1.807, 2.05) is 0 Å². The summed E-state index contributed by atoms with van der Waals surface area (Å²) in [5.41, 5.74) is -0.336. The Kier molecular flexibility index (Phi) is 6.71. The Bertz CT molecular complexity index is 1130. The van der Waals surface area contributed by atoms with Gasteiger partial charge < -0.3 is 4.74 Å². The van der Waals surface area contributed by atoms with Crippen molar-refractivity contribution < 1.29 is 18.9 Å².